The summed E-state index contributed by atoms with van der Waals surface area (Å²) < 4.78 is 10.8. The normalized spacial score (nSPS) is 16.3. The van der Waals surface area contributed by atoms with Crippen LogP contribution in [0.2, 0.25) is 0 Å². The summed E-state index contributed by atoms with van der Waals surface area (Å²) in [5.74, 6) is -1.40. The molecule has 0 aliphatic rings. The molecule has 7 heteroatoms. The molecule has 0 fully saturated rings. The molecule has 2 unspecified atom stereocenters. The molecule has 0 saturated heterocycles. The molecule has 0 aliphatic carbocycles. The van der Waals surface area contributed by atoms with E-state index in [1.54, 1.807) is 6.92 Å². The van der Waals surface area contributed by atoms with Crippen LogP contribution in [0.1, 0.15) is 26.2 Å². The largest absolute Gasteiger partial charge is 0.548 e. The van der Waals surface area contributed by atoms with Gasteiger partial charge in [-0.05, 0) is 19.3 Å². The van der Waals surface area contributed by atoms with E-state index in [-0.39, 0.29) is 12.8 Å². The molecular weight excluding hydrogens is 209 g/mol. The molecule has 0 aliphatic heterocycles. The van der Waals surface area contributed by atoms with Gasteiger partial charge in [-0.2, -0.15) is 0 Å². The second-order valence-electron chi connectivity index (χ2n) is 3.15. The zero-order valence-electron chi connectivity index (χ0n) is 7.92. The Morgan fingerprint density at radius 2 is 2.00 bits per heavy atom. The van der Waals surface area contributed by atoms with Crippen LogP contribution in [0.25, 0.3) is 0 Å². The van der Waals surface area contributed by atoms with Gasteiger partial charge in [0.2, 0.25) is 0 Å². The molecule has 0 aromatic heterocycles. The van der Waals surface area contributed by atoms with Gasteiger partial charge in [0.05, 0.1) is 11.6 Å². The van der Waals surface area contributed by atoms with E-state index in [0.717, 1.165) is 0 Å². The monoisotopic (exact) mass is 224 g/mol. The molecule has 2 atom stereocenters. The minimum absolute atomic E-state index is 0.0198. The van der Waals surface area contributed by atoms with Crippen molar-refractivity contribution in [2.75, 3.05) is 0 Å². The van der Waals surface area contributed by atoms with Crippen LogP contribution >= 0.6 is 7.60 Å². The van der Waals surface area contributed by atoms with Crippen LogP contribution < -0.4 is 10.8 Å². The van der Waals surface area contributed by atoms with E-state index in [9.17, 15) is 14.5 Å². The second kappa shape index (κ2) is 5.46. The predicted octanol–water partition coefficient (Wildman–Crippen LogP) is -1.20. The first-order valence-electron chi connectivity index (χ1n) is 4.30. The van der Waals surface area contributed by atoms with Crippen molar-refractivity contribution < 1.29 is 24.3 Å². The Hall–Kier alpha value is -0.420. The minimum Gasteiger partial charge on any atom is -0.548 e. The van der Waals surface area contributed by atoms with Gasteiger partial charge in [0, 0.05) is 6.04 Å². The average Bonchev–Trinajstić information content (AvgIpc) is 2.02. The Labute approximate surface area is 82.3 Å². The van der Waals surface area contributed by atoms with Gasteiger partial charge in [0.15, 0.2) is 0 Å². The Kier molecular flexibility index (Phi) is 5.29. The molecule has 0 rings (SSSR count). The van der Waals surface area contributed by atoms with E-state index in [1.165, 1.54) is 0 Å². The van der Waals surface area contributed by atoms with E-state index in [1.807, 2.05) is 0 Å². The fourth-order valence-corrected chi connectivity index (χ4v) is 2.06. The van der Waals surface area contributed by atoms with E-state index in [0.29, 0.717) is 6.42 Å². The van der Waals surface area contributed by atoms with Gasteiger partial charge in [0.1, 0.15) is 0 Å². The molecule has 0 spiro atoms. The van der Waals surface area contributed by atoms with Crippen molar-refractivity contribution in [2.24, 2.45) is 5.73 Å². The van der Waals surface area contributed by atoms with E-state index in [2.05, 4.69) is 0 Å². The Bertz CT molecular complexity index is 238. The molecule has 0 bridgehead atoms. The van der Waals surface area contributed by atoms with Gasteiger partial charge >= 0.3 is 7.60 Å². The van der Waals surface area contributed by atoms with Gasteiger partial charge in [0.25, 0.3) is 0 Å². The summed E-state index contributed by atoms with van der Waals surface area (Å²) in [7, 11) is -4.13. The number of nitrogens with two attached hydrogens (primary N) is 1. The molecule has 14 heavy (non-hydrogen) atoms. The smallest absolute Gasteiger partial charge is 0.328 e. The highest BCUT2D eigenvalue weighted by Crippen LogP contribution is 2.45. The quantitative estimate of drug-likeness (QED) is 0.487. The van der Waals surface area contributed by atoms with Gasteiger partial charge in [-0.3, -0.25) is 4.57 Å². The average molecular weight is 224 g/mol. The third kappa shape index (κ3) is 4.72. The van der Waals surface area contributed by atoms with Crippen molar-refractivity contribution in [1.29, 1.82) is 0 Å². The molecule has 0 amide bonds. The molecule has 0 aromatic carbocycles. The molecule has 0 heterocycles. The number of rotatable bonds is 6. The van der Waals surface area contributed by atoms with Crippen molar-refractivity contribution in [3.63, 3.8) is 0 Å². The lowest BCUT2D eigenvalue weighted by molar-refractivity contribution is -0.307. The summed E-state index contributed by atoms with van der Waals surface area (Å²) in [6, 6.07) is -1.16. The summed E-state index contributed by atoms with van der Waals surface area (Å²) in [6.07, 6.45) is 0.409. The van der Waals surface area contributed by atoms with Gasteiger partial charge in [-0.25, -0.2) is 0 Å². The van der Waals surface area contributed by atoms with Crippen LogP contribution in [-0.2, 0) is 9.36 Å². The van der Waals surface area contributed by atoms with Crippen LogP contribution in [0.15, 0.2) is 0 Å². The number of carboxylic acids is 1. The van der Waals surface area contributed by atoms with Gasteiger partial charge < -0.3 is 25.4 Å². The van der Waals surface area contributed by atoms with Crippen LogP contribution in [0.5, 0.6) is 0 Å². The lowest BCUT2D eigenvalue weighted by Gasteiger charge is -2.19. The number of aliphatic carboxylic acids is 1. The fraction of sp³-hybridized carbons (Fsp3) is 0.857. The van der Waals surface area contributed by atoms with Gasteiger partial charge in [-0.15, -0.1) is 0 Å². The number of hydrogen-bond acceptors (Lipinski definition) is 4. The Balaban J connectivity index is 4.10. The van der Waals surface area contributed by atoms with Crippen LogP contribution in [0.4, 0.5) is 0 Å². The first kappa shape index (κ1) is 13.6. The fourth-order valence-electron chi connectivity index (χ4n) is 1.10. The first-order chi connectivity index (χ1) is 6.29. The summed E-state index contributed by atoms with van der Waals surface area (Å²) in [6.45, 7) is 1.63. The Morgan fingerprint density at radius 3 is 2.29 bits per heavy atom. The van der Waals surface area contributed by atoms with Crippen molar-refractivity contribution in [1.82, 2.24) is 0 Å². The summed E-state index contributed by atoms with van der Waals surface area (Å²) in [5, 5.41) is 10.2. The van der Waals surface area contributed by atoms with Crippen LogP contribution in [0.3, 0.4) is 0 Å². The zero-order valence-corrected chi connectivity index (χ0v) is 8.81. The van der Waals surface area contributed by atoms with Gasteiger partial charge in [-0.1, -0.05) is 6.92 Å². The predicted molar refractivity (Wildman–Crippen MR) is 48.3 cm³/mol. The highest BCUT2D eigenvalue weighted by Gasteiger charge is 2.26. The molecule has 4 N–H and O–H groups in total. The standard InChI is InChI=1S/C7H16NO5P/c1-2-5(14(11,12)13)3-4-6(8)7(9)10/h5-6H,2-4,8H2,1H3,(H,9,10)(H2,11,12,13)/p-1. The molecule has 0 saturated carbocycles. The van der Waals surface area contributed by atoms with Crippen molar-refractivity contribution >= 4 is 13.6 Å². The number of carbonyl (C=O) groups excluding carboxylic acids is 1. The molecule has 6 nitrogen and oxygen atoms in total. The Morgan fingerprint density at radius 1 is 1.50 bits per heavy atom. The van der Waals surface area contributed by atoms with Crippen molar-refractivity contribution in [2.45, 2.75) is 37.9 Å². The number of carbonyl (C=O) groups is 1. The summed E-state index contributed by atoms with van der Waals surface area (Å²) in [4.78, 5) is 27.9. The number of hydrogen-bond donors (Lipinski definition) is 3. The topological polar surface area (TPSA) is 124 Å². The van der Waals surface area contributed by atoms with E-state index < -0.39 is 25.3 Å². The molecule has 0 radical (unpaired) electrons. The van der Waals surface area contributed by atoms with Crippen LogP contribution in [-0.4, -0.2) is 27.5 Å². The maximum atomic E-state index is 10.8. The maximum Gasteiger partial charge on any atom is 0.328 e. The molecular formula is C7H15NO5P-. The van der Waals surface area contributed by atoms with Crippen LogP contribution in [0, 0.1) is 0 Å². The van der Waals surface area contributed by atoms with E-state index >= 15 is 0 Å². The third-order valence-electron chi connectivity index (χ3n) is 2.06. The number of carboxylic acid groups (broad SMARTS) is 1. The minimum atomic E-state index is -4.13. The summed E-state index contributed by atoms with van der Waals surface area (Å²) in [5.41, 5.74) is 4.34. The third-order valence-corrected chi connectivity index (χ3v) is 3.64. The van der Waals surface area contributed by atoms with Crippen molar-refractivity contribution in [3.8, 4) is 0 Å². The highest BCUT2D eigenvalue weighted by atomic mass is 31.2. The SMILES string of the molecule is CCC(CCC(N)C(=O)[O-])P(=O)(O)O. The maximum absolute atomic E-state index is 10.8. The van der Waals surface area contributed by atoms with Crippen molar-refractivity contribution in [3.05, 3.63) is 0 Å². The zero-order chi connectivity index (χ0) is 11.4. The summed E-state index contributed by atoms with van der Waals surface area (Å²) >= 11 is 0. The van der Waals surface area contributed by atoms with E-state index in [4.69, 9.17) is 15.5 Å². The molecule has 0 aromatic rings. The second-order valence-corrected chi connectivity index (χ2v) is 5.06. The first-order valence-corrected chi connectivity index (χ1v) is 5.98. The lowest BCUT2D eigenvalue weighted by atomic mass is 10.1. The lowest BCUT2D eigenvalue weighted by Crippen LogP contribution is -2.42. The highest BCUT2D eigenvalue weighted by molar-refractivity contribution is 7.52. The molecule has 84 valence electrons.